The molecule has 1 atom stereocenters. The molecule has 0 saturated carbocycles. The Balaban J connectivity index is 2.04. The number of carbonyl (C=O) groups is 1. The van der Waals surface area contributed by atoms with Crippen molar-refractivity contribution in [3.05, 3.63) is 51.7 Å². The molecule has 0 aliphatic rings. The summed E-state index contributed by atoms with van der Waals surface area (Å²) in [7, 11) is 1.81. The number of hydrogen-bond donors (Lipinski definition) is 1. The van der Waals surface area contributed by atoms with Gasteiger partial charge in [0.1, 0.15) is 17.3 Å². The summed E-state index contributed by atoms with van der Waals surface area (Å²) in [6.07, 6.45) is 0. The first kappa shape index (κ1) is 16.6. The van der Waals surface area contributed by atoms with Crippen LogP contribution in [0, 0.1) is 18.6 Å². The maximum Gasteiger partial charge on any atom is 0.241 e. The highest BCUT2D eigenvalue weighted by Gasteiger charge is 2.21. The molecule has 0 spiro atoms. The molecule has 1 heterocycles. The molecule has 6 heteroatoms. The van der Waals surface area contributed by atoms with Gasteiger partial charge in [0.15, 0.2) is 0 Å². The summed E-state index contributed by atoms with van der Waals surface area (Å²) < 4.78 is 27.1. The minimum Gasteiger partial charge on any atom is -0.320 e. The zero-order valence-electron chi connectivity index (χ0n) is 12.7. The lowest BCUT2D eigenvalue weighted by atomic mass is 10.2. The van der Waals surface area contributed by atoms with Crippen molar-refractivity contribution >= 4 is 22.9 Å². The Labute approximate surface area is 132 Å². The molecule has 1 aromatic heterocycles. The van der Waals surface area contributed by atoms with Gasteiger partial charge in [-0.25, -0.2) is 8.78 Å². The summed E-state index contributed by atoms with van der Waals surface area (Å²) in [6.45, 7) is 4.33. The normalized spacial score (nSPS) is 12.5. The molecule has 0 fully saturated rings. The van der Waals surface area contributed by atoms with Crippen molar-refractivity contribution in [2.45, 2.75) is 26.4 Å². The second kappa shape index (κ2) is 6.98. The standard InChI is InChI=1S/C16H18F2N2OS/c1-10-7-8-22-14(10)9-20(3)11(2)16(21)19-15-12(17)5-4-6-13(15)18/h4-8,11H,9H2,1-3H3,(H,19,21). The quantitative estimate of drug-likeness (QED) is 0.907. The SMILES string of the molecule is Cc1ccsc1CN(C)C(C)C(=O)Nc1c(F)cccc1F. The second-order valence-electron chi connectivity index (χ2n) is 5.20. The highest BCUT2D eigenvalue weighted by molar-refractivity contribution is 7.10. The number of thiophene rings is 1. The number of amides is 1. The summed E-state index contributed by atoms with van der Waals surface area (Å²) in [4.78, 5) is 15.2. The van der Waals surface area contributed by atoms with E-state index in [1.807, 2.05) is 23.3 Å². The minimum absolute atomic E-state index is 0.403. The van der Waals surface area contributed by atoms with Gasteiger partial charge in [0, 0.05) is 11.4 Å². The zero-order valence-corrected chi connectivity index (χ0v) is 13.5. The number of nitrogens with zero attached hydrogens (tertiary/aromatic N) is 1. The Morgan fingerprint density at radius 3 is 2.50 bits per heavy atom. The Bertz CT molecular complexity index is 652. The van der Waals surface area contributed by atoms with E-state index in [0.29, 0.717) is 6.54 Å². The topological polar surface area (TPSA) is 32.3 Å². The van der Waals surface area contributed by atoms with E-state index in [1.54, 1.807) is 25.3 Å². The molecule has 1 unspecified atom stereocenters. The molecule has 1 aromatic carbocycles. The molecule has 22 heavy (non-hydrogen) atoms. The van der Waals surface area contributed by atoms with E-state index >= 15 is 0 Å². The van der Waals surface area contributed by atoms with Crippen molar-refractivity contribution in [2.75, 3.05) is 12.4 Å². The predicted octanol–water partition coefficient (Wildman–Crippen LogP) is 3.79. The van der Waals surface area contributed by atoms with Gasteiger partial charge in [-0.3, -0.25) is 9.69 Å². The van der Waals surface area contributed by atoms with Crippen molar-refractivity contribution in [1.29, 1.82) is 0 Å². The fourth-order valence-electron chi connectivity index (χ4n) is 1.97. The lowest BCUT2D eigenvalue weighted by Crippen LogP contribution is -2.39. The van der Waals surface area contributed by atoms with Crippen LogP contribution in [0.3, 0.4) is 0 Å². The number of hydrogen-bond acceptors (Lipinski definition) is 3. The van der Waals surface area contributed by atoms with E-state index in [2.05, 4.69) is 5.32 Å². The van der Waals surface area contributed by atoms with Crippen LogP contribution >= 0.6 is 11.3 Å². The number of rotatable bonds is 5. The fourth-order valence-corrected chi connectivity index (χ4v) is 2.94. The third kappa shape index (κ3) is 3.69. The van der Waals surface area contributed by atoms with Crippen LogP contribution in [0.4, 0.5) is 14.5 Å². The maximum atomic E-state index is 13.6. The van der Waals surface area contributed by atoms with E-state index in [4.69, 9.17) is 0 Å². The lowest BCUT2D eigenvalue weighted by Gasteiger charge is -2.23. The van der Waals surface area contributed by atoms with Crippen LogP contribution in [-0.4, -0.2) is 23.9 Å². The van der Waals surface area contributed by atoms with Crippen molar-refractivity contribution in [3.8, 4) is 0 Å². The maximum absolute atomic E-state index is 13.6. The number of halogens is 2. The Kier molecular flexibility index (Phi) is 5.26. The average molecular weight is 324 g/mol. The van der Waals surface area contributed by atoms with Gasteiger partial charge in [0.25, 0.3) is 0 Å². The van der Waals surface area contributed by atoms with E-state index in [1.165, 1.54) is 16.5 Å². The van der Waals surface area contributed by atoms with Gasteiger partial charge in [-0.1, -0.05) is 6.07 Å². The zero-order chi connectivity index (χ0) is 16.3. The molecule has 3 nitrogen and oxygen atoms in total. The predicted molar refractivity (Wildman–Crippen MR) is 85.0 cm³/mol. The molecule has 0 aliphatic heterocycles. The van der Waals surface area contributed by atoms with Crippen LogP contribution in [0.1, 0.15) is 17.4 Å². The molecular formula is C16H18F2N2OS. The summed E-state index contributed by atoms with van der Waals surface area (Å²) in [6, 6.07) is 4.99. The number of benzene rings is 1. The summed E-state index contributed by atoms with van der Waals surface area (Å²) in [5.41, 5.74) is 0.768. The lowest BCUT2D eigenvalue weighted by molar-refractivity contribution is -0.120. The van der Waals surface area contributed by atoms with Crippen LogP contribution in [0.5, 0.6) is 0 Å². The van der Waals surface area contributed by atoms with Crippen molar-refractivity contribution in [1.82, 2.24) is 4.90 Å². The molecule has 118 valence electrons. The molecule has 0 radical (unpaired) electrons. The van der Waals surface area contributed by atoms with Crippen LogP contribution in [-0.2, 0) is 11.3 Å². The summed E-state index contributed by atoms with van der Waals surface area (Å²) in [5, 5.41) is 4.32. The van der Waals surface area contributed by atoms with E-state index in [9.17, 15) is 13.6 Å². The smallest absolute Gasteiger partial charge is 0.241 e. The van der Waals surface area contributed by atoms with Crippen molar-refractivity contribution < 1.29 is 13.6 Å². The Morgan fingerprint density at radius 2 is 1.95 bits per heavy atom. The number of nitrogens with one attached hydrogen (secondary N) is 1. The van der Waals surface area contributed by atoms with Gasteiger partial charge in [0.2, 0.25) is 5.91 Å². The Morgan fingerprint density at radius 1 is 1.32 bits per heavy atom. The van der Waals surface area contributed by atoms with Gasteiger partial charge in [-0.2, -0.15) is 0 Å². The van der Waals surface area contributed by atoms with E-state index in [0.717, 1.165) is 12.1 Å². The van der Waals surface area contributed by atoms with Gasteiger partial charge in [-0.05, 0) is 50.0 Å². The largest absolute Gasteiger partial charge is 0.320 e. The van der Waals surface area contributed by atoms with Crippen LogP contribution in [0.15, 0.2) is 29.6 Å². The van der Waals surface area contributed by atoms with E-state index in [-0.39, 0.29) is 0 Å². The number of aryl methyl sites for hydroxylation is 1. The molecular weight excluding hydrogens is 306 g/mol. The third-order valence-electron chi connectivity index (χ3n) is 3.61. The molecule has 2 rings (SSSR count). The number of para-hydroxylation sites is 1. The second-order valence-corrected chi connectivity index (χ2v) is 6.20. The van der Waals surface area contributed by atoms with Crippen LogP contribution in [0.2, 0.25) is 0 Å². The average Bonchev–Trinajstić information content (AvgIpc) is 2.87. The minimum atomic E-state index is -0.780. The molecule has 2 aromatic rings. The molecule has 0 bridgehead atoms. The number of carbonyl (C=O) groups excluding carboxylic acids is 1. The summed E-state index contributed by atoms with van der Waals surface area (Å²) >= 11 is 1.62. The number of likely N-dealkylation sites (N-methyl/N-ethyl adjacent to an activating group) is 1. The fraction of sp³-hybridized carbons (Fsp3) is 0.312. The van der Waals surface area contributed by atoms with Crippen molar-refractivity contribution in [2.24, 2.45) is 0 Å². The molecule has 0 saturated heterocycles. The van der Waals surface area contributed by atoms with Gasteiger partial charge < -0.3 is 5.32 Å². The first-order valence-electron chi connectivity index (χ1n) is 6.88. The van der Waals surface area contributed by atoms with E-state index < -0.39 is 29.3 Å². The monoisotopic (exact) mass is 324 g/mol. The first-order chi connectivity index (χ1) is 10.4. The van der Waals surface area contributed by atoms with Gasteiger partial charge >= 0.3 is 0 Å². The van der Waals surface area contributed by atoms with Gasteiger partial charge in [0.05, 0.1) is 6.04 Å². The number of anilines is 1. The molecule has 0 aliphatic carbocycles. The van der Waals surface area contributed by atoms with Crippen LogP contribution in [0.25, 0.3) is 0 Å². The van der Waals surface area contributed by atoms with Gasteiger partial charge in [-0.15, -0.1) is 11.3 Å². The van der Waals surface area contributed by atoms with Crippen molar-refractivity contribution in [3.63, 3.8) is 0 Å². The third-order valence-corrected chi connectivity index (χ3v) is 4.62. The summed E-state index contributed by atoms with van der Waals surface area (Å²) in [5.74, 6) is -2.00. The molecule has 1 amide bonds. The first-order valence-corrected chi connectivity index (χ1v) is 7.76. The Hall–Kier alpha value is -1.79. The highest BCUT2D eigenvalue weighted by Crippen LogP contribution is 2.20. The molecule has 1 N–H and O–H groups in total. The highest BCUT2D eigenvalue weighted by atomic mass is 32.1. The van der Waals surface area contributed by atoms with Crippen LogP contribution < -0.4 is 5.32 Å².